The van der Waals surface area contributed by atoms with E-state index in [1.165, 1.54) is 0 Å². The summed E-state index contributed by atoms with van der Waals surface area (Å²) in [5.41, 5.74) is 0. The van der Waals surface area contributed by atoms with Crippen molar-refractivity contribution >= 4 is 12.2 Å². The zero-order valence-electron chi connectivity index (χ0n) is 11.2. The van der Waals surface area contributed by atoms with E-state index in [0.717, 1.165) is 37.3 Å². The molecule has 0 bridgehead atoms. The van der Waals surface area contributed by atoms with Crippen LogP contribution in [0.3, 0.4) is 0 Å². The maximum atomic E-state index is 9.40. The Labute approximate surface area is 117 Å². The van der Waals surface area contributed by atoms with E-state index in [0.29, 0.717) is 18.5 Å². The molecule has 1 N–H and O–H groups in total. The Morgan fingerprint density at radius 3 is 2.89 bits per heavy atom. The highest BCUT2D eigenvalue weighted by Gasteiger charge is 2.28. The summed E-state index contributed by atoms with van der Waals surface area (Å²) in [6, 6.07) is 0.451. The van der Waals surface area contributed by atoms with Gasteiger partial charge in [0.1, 0.15) is 6.61 Å². The molecule has 1 aliphatic carbocycles. The minimum absolute atomic E-state index is 0.0490. The Kier molecular flexibility index (Phi) is 3.70. The Hall–Kier alpha value is -0.760. The highest BCUT2D eigenvalue weighted by atomic mass is 32.1. The Bertz CT molecular complexity index is 508. The summed E-state index contributed by atoms with van der Waals surface area (Å²) >= 11 is 5.49. The van der Waals surface area contributed by atoms with Gasteiger partial charge in [-0.15, -0.1) is 0 Å². The van der Waals surface area contributed by atoms with E-state index in [2.05, 4.69) is 16.9 Å². The molecule has 0 spiro atoms. The van der Waals surface area contributed by atoms with Crippen LogP contribution in [0.2, 0.25) is 0 Å². The maximum Gasteiger partial charge on any atom is 0.199 e. The van der Waals surface area contributed by atoms with Crippen molar-refractivity contribution in [2.45, 2.75) is 45.2 Å². The number of hydrogen-bond donors (Lipinski definition) is 1. The number of rotatable bonds is 4. The Morgan fingerprint density at radius 2 is 2.26 bits per heavy atom. The van der Waals surface area contributed by atoms with E-state index in [4.69, 9.17) is 17.0 Å². The molecule has 1 saturated carbocycles. The number of morpholine rings is 1. The minimum Gasteiger partial charge on any atom is -0.388 e. The average molecular weight is 284 g/mol. The van der Waals surface area contributed by atoms with E-state index in [9.17, 15) is 5.11 Å². The highest BCUT2D eigenvalue weighted by molar-refractivity contribution is 7.71. The van der Waals surface area contributed by atoms with Crippen LogP contribution in [0.1, 0.15) is 31.6 Å². The fraction of sp³-hybridized carbons (Fsp3) is 0.833. The van der Waals surface area contributed by atoms with Gasteiger partial charge in [-0.05, 0) is 32.0 Å². The third-order valence-electron chi connectivity index (χ3n) is 3.65. The Balaban J connectivity index is 1.79. The lowest BCUT2D eigenvalue weighted by Gasteiger charge is -2.30. The van der Waals surface area contributed by atoms with Gasteiger partial charge in [-0.25, -0.2) is 4.68 Å². The molecule has 0 aromatic carbocycles. The van der Waals surface area contributed by atoms with Gasteiger partial charge in [0.15, 0.2) is 10.6 Å². The molecule has 6 nitrogen and oxygen atoms in total. The first-order valence-corrected chi connectivity index (χ1v) is 7.23. The van der Waals surface area contributed by atoms with Crippen molar-refractivity contribution in [1.82, 2.24) is 19.2 Å². The van der Waals surface area contributed by atoms with Gasteiger partial charge in [0, 0.05) is 19.1 Å². The first-order chi connectivity index (χ1) is 9.19. The van der Waals surface area contributed by atoms with Gasteiger partial charge in [-0.2, -0.15) is 5.10 Å². The fourth-order valence-electron chi connectivity index (χ4n) is 2.57. The van der Waals surface area contributed by atoms with Crippen molar-refractivity contribution in [1.29, 1.82) is 0 Å². The second kappa shape index (κ2) is 5.32. The first-order valence-electron chi connectivity index (χ1n) is 6.82. The molecular formula is C12H20N4O2S. The SMILES string of the molecule is CC1CN(Cn2nc(CO)n(C3CC3)c2=S)CCO1. The van der Waals surface area contributed by atoms with Gasteiger partial charge in [0.2, 0.25) is 0 Å². The maximum absolute atomic E-state index is 9.40. The van der Waals surface area contributed by atoms with Crippen LogP contribution >= 0.6 is 12.2 Å². The van der Waals surface area contributed by atoms with Crippen LogP contribution in [-0.4, -0.2) is 50.2 Å². The largest absolute Gasteiger partial charge is 0.388 e. The molecule has 0 amide bonds. The molecule has 1 aliphatic heterocycles. The minimum atomic E-state index is -0.0490. The molecule has 2 heterocycles. The summed E-state index contributed by atoms with van der Waals surface area (Å²) in [5.74, 6) is 0.689. The lowest BCUT2D eigenvalue weighted by atomic mass is 10.3. The summed E-state index contributed by atoms with van der Waals surface area (Å²) in [6.45, 7) is 5.26. The summed E-state index contributed by atoms with van der Waals surface area (Å²) in [7, 11) is 0. The Morgan fingerprint density at radius 1 is 1.47 bits per heavy atom. The summed E-state index contributed by atoms with van der Waals surface area (Å²) < 4.78 is 10.1. The van der Waals surface area contributed by atoms with Crippen molar-refractivity contribution in [3.05, 3.63) is 10.6 Å². The number of hydrogen-bond acceptors (Lipinski definition) is 5. The van der Waals surface area contributed by atoms with Gasteiger partial charge in [0.05, 0.1) is 19.4 Å². The number of ether oxygens (including phenoxy) is 1. The van der Waals surface area contributed by atoms with Crippen molar-refractivity contribution in [3.8, 4) is 0 Å². The zero-order valence-corrected chi connectivity index (χ0v) is 12.0. The molecule has 2 aliphatic rings. The molecule has 106 valence electrons. The fourth-order valence-corrected chi connectivity index (χ4v) is 2.93. The molecule has 3 rings (SSSR count). The number of aliphatic hydroxyl groups excluding tert-OH is 1. The second-order valence-electron chi connectivity index (χ2n) is 5.36. The van der Waals surface area contributed by atoms with Gasteiger partial charge < -0.3 is 9.84 Å². The van der Waals surface area contributed by atoms with Crippen molar-refractivity contribution in [2.24, 2.45) is 0 Å². The van der Waals surface area contributed by atoms with Crippen LogP contribution < -0.4 is 0 Å². The molecule has 1 saturated heterocycles. The van der Waals surface area contributed by atoms with Crippen LogP contribution in [0.4, 0.5) is 0 Å². The predicted octanol–water partition coefficient (Wildman–Crippen LogP) is 0.919. The van der Waals surface area contributed by atoms with Gasteiger partial charge >= 0.3 is 0 Å². The third-order valence-corrected chi connectivity index (χ3v) is 4.06. The first kappa shape index (κ1) is 13.2. The smallest absolute Gasteiger partial charge is 0.199 e. The summed E-state index contributed by atoms with van der Waals surface area (Å²) in [5, 5.41) is 13.9. The molecule has 1 aromatic rings. The molecule has 1 unspecified atom stereocenters. The number of aromatic nitrogens is 3. The topological polar surface area (TPSA) is 55.5 Å². The predicted molar refractivity (Wildman–Crippen MR) is 72.2 cm³/mol. The van der Waals surface area contributed by atoms with Gasteiger partial charge in [-0.3, -0.25) is 9.47 Å². The third kappa shape index (κ3) is 2.74. The molecular weight excluding hydrogens is 264 g/mol. The van der Waals surface area contributed by atoms with E-state index in [1.54, 1.807) is 0 Å². The number of aliphatic hydroxyl groups is 1. The van der Waals surface area contributed by atoms with Gasteiger partial charge in [0.25, 0.3) is 0 Å². The molecule has 2 fully saturated rings. The monoisotopic (exact) mass is 284 g/mol. The van der Waals surface area contributed by atoms with Crippen LogP contribution in [0, 0.1) is 4.77 Å². The molecule has 1 aromatic heterocycles. The van der Waals surface area contributed by atoms with E-state index in [-0.39, 0.29) is 12.7 Å². The number of nitrogens with zero attached hydrogens (tertiary/aromatic N) is 4. The zero-order chi connectivity index (χ0) is 13.4. The second-order valence-corrected chi connectivity index (χ2v) is 5.72. The lowest BCUT2D eigenvalue weighted by molar-refractivity contribution is -0.0307. The normalized spacial score (nSPS) is 24.8. The lowest BCUT2D eigenvalue weighted by Crippen LogP contribution is -2.42. The van der Waals surface area contributed by atoms with Crippen molar-refractivity contribution in [2.75, 3.05) is 19.7 Å². The van der Waals surface area contributed by atoms with Crippen LogP contribution in [-0.2, 0) is 18.0 Å². The molecule has 7 heteroatoms. The van der Waals surface area contributed by atoms with Crippen LogP contribution in [0.5, 0.6) is 0 Å². The van der Waals surface area contributed by atoms with E-state index < -0.39 is 0 Å². The van der Waals surface area contributed by atoms with E-state index in [1.807, 2.05) is 9.25 Å². The highest BCUT2D eigenvalue weighted by Crippen LogP contribution is 2.36. The van der Waals surface area contributed by atoms with Crippen molar-refractivity contribution in [3.63, 3.8) is 0 Å². The standard InChI is InChI=1S/C12H20N4O2S/c1-9-6-14(4-5-18-9)8-15-12(19)16(10-2-3-10)11(7-17)13-15/h9-10,17H,2-8H2,1H3. The summed E-state index contributed by atoms with van der Waals surface area (Å²) in [6.07, 6.45) is 2.54. The average Bonchev–Trinajstić information content (AvgIpc) is 3.17. The summed E-state index contributed by atoms with van der Waals surface area (Å²) in [4.78, 5) is 2.29. The molecule has 0 radical (unpaired) electrons. The van der Waals surface area contributed by atoms with E-state index >= 15 is 0 Å². The van der Waals surface area contributed by atoms with Crippen LogP contribution in [0.15, 0.2) is 0 Å². The van der Waals surface area contributed by atoms with Crippen LogP contribution in [0.25, 0.3) is 0 Å². The molecule has 19 heavy (non-hydrogen) atoms. The molecule has 1 atom stereocenters. The quantitative estimate of drug-likeness (QED) is 0.833. The van der Waals surface area contributed by atoms with Crippen molar-refractivity contribution < 1.29 is 9.84 Å². The van der Waals surface area contributed by atoms with Gasteiger partial charge in [-0.1, -0.05) is 0 Å².